The molecule has 0 unspecified atom stereocenters. The molecule has 0 bridgehead atoms. The van der Waals surface area contributed by atoms with Gasteiger partial charge in [-0.3, -0.25) is 9.78 Å². The highest BCUT2D eigenvalue weighted by atomic mass is 79.9. The standard InChI is InChI=1S/C15H15BrN4O2/c16-12-6-11(7-18-8-12)15(21)20-5-1-2-13(9-20)22-14-3-4-17-10-19-14/h3-4,6-8,10,13H,1-2,5,9H2/t13-/m0/s1. The zero-order valence-electron chi connectivity index (χ0n) is 11.9. The number of nitrogens with zero attached hydrogens (tertiary/aromatic N) is 4. The molecule has 0 aromatic carbocycles. The van der Waals surface area contributed by atoms with Crippen molar-refractivity contribution < 1.29 is 9.53 Å². The van der Waals surface area contributed by atoms with Crippen molar-refractivity contribution in [2.45, 2.75) is 18.9 Å². The smallest absolute Gasteiger partial charge is 0.255 e. The van der Waals surface area contributed by atoms with Crippen LogP contribution in [0.4, 0.5) is 0 Å². The van der Waals surface area contributed by atoms with E-state index < -0.39 is 0 Å². The number of halogens is 1. The van der Waals surface area contributed by atoms with Crippen LogP contribution in [0.1, 0.15) is 23.2 Å². The predicted molar refractivity (Wildman–Crippen MR) is 83.5 cm³/mol. The van der Waals surface area contributed by atoms with Gasteiger partial charge in [0.05, 0.1) is 12.1 Å². The van der Waals surface area contributed by atoms with Crippen molar-refractivity contribution in [2.24, 2.45) is 0 Å². The minimum atomic E-state index is -0.0484. The normalized spacial score (nSPS) is 18.0. The van der Waals surface area contributed by atoms with Crippen LogP contribution < -0.4 is 4.74 Å². The third-order valence-corrected chi connectivity index (χ3v) is 3.89. The fraction of sp³-hybridized carbons (Fsp3) is 0.333. The molecule has 1 atom stereocenters. The van der Waals surface area contributed by atoms with E-state index in [0.717, 1.165) is 23.9 Å². The van der Waals surface area contributed by atoms with E-state index in [1.165, 1.54) is 6.33 Å². The average Bonchev–Trinajstić information content (AvgIpc) is 2.55. The Morgan fingerprint density at radius 3 is 3.05 bits per heavy atom. The van der Waals surface area contributed by atoms with Gasteiger partial charge in [0.2, 0.25) is 5.88 Å². The lowest BCUT2D eigenvalue weighted by molar-refractivity contribution is 0.0527. The van der Waals surface area contributed by atoms with E-state index in [9.17, 15) is 4.79 Å². The Labute approximate surface area is 136 Å². The van der Waals surface area contributed by atoms with Gasteiger partial charge in [-0.25, -0.2) is 9.97 Å². The first-order chi connectivity index (χ1) is 10.7. The molecule has 1 aliphatic rings. The van der Waals surface area contributed by atoms with Crippen LogP contribution in [-0.4, -0.2) is 45.0 Å². The Morgan fingerprint density at radius 1 is 1.36 bits per heavy atom. The molecule has 1 saturated heterocycles. The monoisotopic (exact) mass is 362 g/mol. The second-order valence-electron chi connectivity index (χ2n) is 5.07. The molecule has 1 fully saturated rings. The Hall–Kier alpha value is -2.02. The number of carbonyl (C=O) groups excluding carboxylic acids is 1. The molecule has 0 N–H and O–H groups in total. The van der Waals surface area contributed by atoms with Crippen LogP contribution in [0, 0.1) is 0 Å². The average molecular weight is 363 g/mol. The molecule has 2 aromatic heterocycles. The van der Waals surface area contributed by atoms with Crippen molar-refractivity contribution in [1.82, 2.24) is 19.9 Å². The summed E-state index contributed by atoms with van der Waals surface area (Å²) in [6.07, 6.45) is 8.10. The van der Waals surface area contributed by atoms with Crippen LogP contribution in [0.5, 0.6) is 5.88 Å². The van der Waals surface area contributed by atoms with E-state index in [2.05, 4.69) is 30.9 Å². The Bertz CT molecular complexity index is 653. The molecule has 0 radical (unpaired) electrons. The summed E-state index contributed by atoms with van der Waals surface area (Å²) in [7, 11) is 0. The van der Waals surface area contributed by atoms with E-state index in [0.29, 0.717) is 18.0 Å². The van der Waals surface area contributed by atoms with E-state index in [-0.39, 0.29) is 12.0 Å². The first kappa shape index (κ1) is 14.9. The lowest BCUT2D eigenvalue weighted by atomic mass is 10.1. The first-order valence-electron chi connectivity index (χ1n) is 7.05. The summed E-state index contributed by atoms with van der Waals surface area (Å²) in [6.45, 7) is 1.28. The van der Waals surface area contributed by atoms with Crippen molar-refractivity contribution in [1.29, 1.82) is 0 Å². The topological polar surface area (TPSA) is 68.2 Å². The van der Waals surface area contributed by atoms with Crippen LogP contribution in [0.15, 0.2) is 41.5 Å². The Morgan fingerprint density at radius 2 is 2.27 bits per heavy atom. The minimum absolute atomic E-state index is 0.0233. The molecular formula is C15H15BrN4O2. The maximum absolute atomic E-state index is 12.5. The Kier molecular flexibility index (Phi) is 4.62. The van der Waals surface area contributed by atoms with Crippen LogP contribution in [-0.2, 0) is 0 Å². The zero-order valence-corrected chi connectivity index (χ0v) is 13.4. The highest BCUT2D eigenvalue weighted by Gasteiger charge is 2.26. The summed E-state index contributed by atoms with van der Waals surface area (Å²) in [4.78, 5) is 26.3. The van der Waals surface area contributed by atoms with Gasteiger partial charge in [-0.1, -0.05) is 0 Å². The molecule has 22 heavy (non-hydrogen) atoms. The number of amides is 1. The second kappa shape index (κ2) is 6.83. The highest BCUT2D eigenvalue weighted by Crippen LogP contribution is 2.19. The third kappa shape index (κ3) is 3.59. The first-order valence-corrected chi connectivity index (χ1v) is 7.84. The molecule has 3 heterocycles. The molecule has 1 amide bonds. The summed E-state index contributed by atoms with van der Waals surface area (Å²) in [5.41, 5.74) is 0.581. The second-order valence-corrected chi connectivity index (χ2v) is 5.99. The van der Waals surface area contributed by atoms with Gasteiger partial charge in [0, 0.05) is 35.7 Å². The number of pyridine rings is 1. The number of hydrogen-bond acceptors (Lipinski definition) is 5. The van der Waals surface area contributed by atoms with Gasteiger partial charge in [0.15, 0.2) is 0 Å². The SMILES string of the molecule is O=C(c1cncc(Br)c1)N1CCC[C@H](Oc2ccncn2)C1. The van der Waals surface area contributed by atoms with E-state index in [1.54, 1.807) is 35.6 Å². The number of carbonyl (C=O) groups is 1. The summed E-state index contributed by atoms with van der Waals surface area (Å²) < 4.78 is 6.62. The van der Waals surface area contributed by atoms with Crippen LogP contribution in [0.3, 0.4) is 0 Å². The van der Waals surface area contributed by atoms with Crippen molar-refractivity contribution in [3.63, 3.8) is 0 Å². The number of hydrogen-bond donors (Lipinski definition) is 0. The summed E-state index contributed by atoms with van der Waals surface area (Å²) in [5.74, 6) is 0.517. The van der Waals surface area contributed by atoms with Gasteiger partial charge in [0.25, 0.3) is 5.91 Å². The van der Waals surface area contributed by atoms with Gasteiger partial charge in [-0.2, -0.15) is 0 Å². The predicted octanol–water partition coefficient (Wildman–Crippen LogP) is 2.32. The maximum Gasteiger partial charge on any atom is 0.255 e. The molecule has 6 nitrogen and oxygen atoms in total. The van der Waals surface area contributed by atoms with Gasteiger partial charge in [0.1, 0.15) is 12.4 Å². The third-order valence-electron chi connectivity index (χ3n) is 3.46. The van der Waals surface area contributed by atoms with E-state index in [1.807, 2.05) is 0 Å². The van der Waals surface area contributed by atoms with E-state index in [4.69, 9.17) is 4.74 Å². The van der Waals surface area contributed by atoms with Gasteiger partial charge >= 0.3 is 0 Å². The Balaban J connectivity index is 1.66. The molecule has 3 rings (SSSR count). The van der Waals surface area contributed by atoms with Crippen molar-refractivity contribution in [3.05, 3.63) is 47.1 Å². The van der Waals surface area contributed by atoms with Crippen LogP contribution >= 0.6 is 15.9 Å². The highest BCUT2D eigenvalue weighted by molar-refractivity contribution is 9.10. The van der Waals surface area contributed by atoms with Gasteiger partial charge < -0.3 is 9.64 Å². The fourth-order valence-electron chi connectivity index (χ4n) is 2.45. The fourth-order valence-corrected chi connectivity index (χ4v) is 2.81. The lowest BCUT2D eigenvalue weighted by Crippen LogP contribution is -2.44. The largest absolute Gasteiger partial charge is 0.472 e. The number of ether oxygens (including phenoxy) is 1. The van der Waals surface area contributed by atoms with Crippen molar-refractivity contribution in [3.8, 4) is 5.88 Å². The molecule has 0 aliphatic carbocycles. The van der Waals surface area contributed by atoms with E-state index >= 15 is 0 Å². The molecule has 2 aromatic rings. The minimum Gasteiger partial charge on any atom is -0.472 e. The van der Waals surface area contributed by atoms with Crippen LogP contribution in [0.2, 0.25) is 0 Å². The zero-order chi connectivity index (χ0) is 15.4. The number of rotatable bonds is 3. The molecule has 114 valence electrons. The quantitative estimate of drug-likeness (QED) is 0.837. The van der Waals surface area contributed by atoms with Gasteiger partial charge in [-0.15, -0.1) is 0 Å². The molecular weight excluding hydrogens is 348 g/mol. The van der Waals surface area contributed by atoms with Crippen LogP contribution in [0.25, 0.3) is 0 Å². The molecule has 0 spiro atoms. The lowest BCUT2D eigenvalue weighted by Gasteiger charge is -2.32. The summed E-state index contributed by atoms with van der Waals surface area (Å²) >= 11 is 3.34. The maximum atomic E-state index is 12.5. The van der Waals surface area contributed by atoms with Crippen molar-refractivity contribution in [2.75, 3.05) is 13.1 Å². The van der Waals surface area contributed by atoms with Gasteiger partial charge in [-0.05, 0) is 34.8 Å². The molecule has 7 heteroatoms. The number of likely N-dealkylation sites (tertiary alicyclic amines) is 1. The molecule has 1 aliphatic heterocycles. The summed E-state index contributed by atoms with van der Waals surface area (Å²) in [5, 5.41) is 0. The summed E-state index contributed by atoms with van der Waals surface area (Å²) in [6, 6.07) is 3.50. The molecule has 0 saturated carbocycles. The van der Waals surface area contributed by atoms with Crippen molar-refractivity contribution >= 4 is 21.8 Å². The number of piperidine rings is 1. The number of aromatic nitrogens is 3.